The first-order valence-electron chi connectivity index (χ1n) is 4.93. The molecule has 0 bridgehead atoms. The van der Waals surface area contributed by atoms with E-state index in [9.17, 15) is 12.8 Å². The first kappa shape index (κ1) is 13.7. The summed E-state index contributed by atoms with van der Waals surface area (Å²) in [5, 5.41) is 0. The van der Waals surface area contributed by atoms with Crippen LogP contribution in [0.4, 0.5) is 15.9 Å². The fourth-order valence-corrected chi connectivity index (χ4v) is 2.88. The van der Waals surface area contributed by atoms with Gasteiger partial charge in [-0.2, -0.15) is 0 Å². The number of sulfonamides is 1. The van der Waals surface area contributed by atoms with Crippen LogP contribution in [0, 0.1) is 5.82 Å². The van der Waals surface area contributed by atoms with Crippen molar-refractivity contribution < 1.29 is 12.8 Å². The Morgan fingerprint density at radius 2 is 2.11 bits per heavy atom. The number of aromatic nitrogens is 2. The van der Waals surface area contributed by atoms with Gasteiger partial charge in [0.15, 0.2) is 0 Å². The summed E-state index contributed by atoms with van der Waals surface area (Å²) in [6.07, 6.45) is 2.53. The molecule has 19 heavy (non-hydrogen) atoms. The average Bonchev–Trinajstić information content (AvgIpc) is 2.34. The number of nitrogens with two attached hydrogens (primary N) is 1. The van der Waals surface area contributed by atoms with E-state index in [2.05, 4.69) is 30.6 Å². The van der Waals surface area contributed by atoms with Crippen LogP contribution < -0.4 is 10.5 Å². The number of nitrogens with zero attached hydrogens (tertiary/aromatic N) is 2. The van der Waals surface area contributed by atoms with Crippen LogP contribution in [0.15, 0.2) is 40.1 Å². The molecule has 0 aliphatic rings. The largest absolute Gasteiger partial charge is 0.398 e. The summed E-state index contributed by atoms with van der Waals surface area (Å²) < 4.78 is 40.1. The van der Waals surface area contributed by atoms with Gasteiger partial charge in [0.25, 0.3) is 10.0 Å². The van der Waals surface area contributed by atoms with E-state index in [0.717, 1.165) is 12.1 Å². The Hall–Kier alpha value is -1.74. The fraction of sp³-hybridized carbons (Fsp3) is 0. The van der Waals surface area contributed by atoms with Crippen LogP contribution in [0.3, 0.4) is 0 Å². The Labute approximate surface area is 117 Å². The summed E-state index contributed by atoms with van der Waals surface area (Å²) in [6, 6.07) is 3.37. The highest BCUT2D eigenvalue weighted by atomic mass is 79.9. The lowest BCUT2D eigenvalue weighted by molar-refractivity contribution is 0.570. The van der Waals surface area contributed by atoms with E-state index in [1.54, 1.807) is 0 Å². The quantitative estimate of drug-likeness (QED) is 0.825. The minimum Gasteiger partial charge on any atom is -0.398 e. The van der Waals surface area contributed by atoms with Crippen molar-refractivity contribution in [2.24, 2.45) is 0 Å². The van der Waals surface area contributed by atoms with Gasteiger partial charge in [-0.1, -0.05) is 0 Å². The second kappa shape index (κ2) is 5.10. The monoisotopic (exact) mass is 346 g/mol. The van der Waals surface area contributed by atoms with E-state index >= 15 is 0 Å². The molecule has 0 radical (unpaired) electrons. The minimum atomic E-state index is -4.08. The van der Waals surface area contributed by atoms with Crippen LogP contribution in [0.2, 0.25) is 0 Å². The zero-order chi connectivity index (χ0) is 14.0. The number of hydrogen-bond acceptors (Lipinski definition) is 5. The van der Waals surface area contributed by atoms with Gasteiger partial charge in [0, 0.05) is 16.4 Å². The van der Waals surface area contributed by atoms with Crippen LogP contribution >= 0.6 is 15.9 Å². The van der Waals surface area contributed by atoms with Crippen molar-refractivity contribution >= 4 is 37.5 Å². The smallest absolute Gasteiger partial charge is 0.266 e. The van der Waals surface area contributed by atoms with E-state index in [1.165, 1.54) is 18.6 Å². The van der Waals surface area contributed by atoms with Crippen molar-refractivity contribution in [2.45, 2.75) is 4.90 Å². The van der Waals surface area contributed by atoms with Gasteiger partial charge in [0.05, 0.1) is 0 Å². The molecule has 100 valence electrons. The van der Waals surface area contributed by atoms with Crippen LogP contribution in [0.25, 0.3) is 0 Å². The van der Waals surface area contributed by atoms with Gasteiger partial charge in [-0.3, -0.25) is 4.72 Å². The van der Waals surface area contributed by atoms with Crippen LogP contribution in [0.5, 0.6) is 0 Å². The van der Waals surface area contributed by atoms with Gasteiger partial charge < -0.3 is 5.73 Å². The first-order chi connectivity index (χ1) is 8.90. The molecule has 0 fully saturated rings. The zero-order valence-corrected chi connectivity index (χ0v) is 11.7. The molecule has 2 rings (SSSR count). The third-order valence-corrected chi connectivity index (χ3v) is 4.22. The molecular formula is C10H8BrFN4O2S. The zero-order valence-electron chi connectivity index (χ0n) is 9.34. The number of halogens is 2. The Morgan fingerprint density at radius 1 is 1.37 bits per heavy atom. The Balaban J connectivity index is 2.43. The minimum absolute atomic E-state index is 0.0438. The standard InChI is InChI=1S/C10H8BrFN4O2S/c11-6-3-9(7(12)4-8(6)13)19(17,18)16-10-1-2-14-5-15-10/h1-5H,13H2,(H,14,15,16). The van der Waals surface area contributed by atoms with Crippen molar-refractivity contribution in [3.63, 3.8) is 0 Å². The van der Waals surface area contributed by atoms with E-state index in [0.29, 0.717) is 0 Å². The van der Waals surface area contributed by atoms with Gasteiger partial charge in [0.1, 0.15) is 22.9 Å². The molecule has 0 spiro atoms. The van der Waals surface area contributed by atoms with Gasteiger partial charge in [0.2, 0.25) is 0 Å². The van der Waals surface area contributed by atoms with Crippen LogP contribution in [0.1, 0.15) is 0 Å². The van der Waals surface area contributed by atoms with Crippen molar-refractivity contribution in [1.29, 1.82) is 0 Å². The Kier molecular flexibility index (Phi) is 3.67. The topological polar surface area (TPSA) is 98.0 Å². The van der Waals surface area contributed by atoms with E-state index in [4.69, 9.17) is 5.73 Å². The van der Waals surface area contributed by atoms with Crippen molar-refractivity contribution in [3.05, 3.63) is 41.0 Å². The van der Waals surface area contributed by atoms with Crippen LogP contribution in [-0.2, 0) is 10.0 Å². The lowest BCUT2D eigenvalue weighted by atomic mass is 10.3. The molecule has 0 unspecified atom stereocenters. The molecule has 1 aromatic carbocycles. The molecule has 3 N–H and O–H groups in total. The Bertz CT molecular complexity index is 709. The SMILES string of the molecule is Nc1cc(F)c(S(=O)(=O)Nc2ccncn2)cc1Br. The second-order valence-electron chi connectivity index (χ2n) is 3.50. The molecule has 1 aromatic heterocycles. The Morgan fingerprint density at radius 3 is 2.74 bits per heavy atom. The molecule has 1 heterocycles. The summed E-state index contributed by atoms with van der Waals surface area (Å²) in [5.74, 6) is -0.899. The van der Waals surface area contributed by atoms with E-state index in [-0.39, 0.29) is 16.0 Å². The highest BCUT2D eigenvalue weighted by Crippen LogP contribution is 2.27. The maximum atomic E-state index is 13.7. The molecule has 9 heteroatoms. The van der Waals surface area contributed by atoms with Gasteiger partial charge in [-0.15, -0.1) is 0 Å². The molecule has 6 nitrogen and oxygen atoms in total. The normalized spacial score (nSPS) is 11.3. The predicted octanol–water partition coefficient (Wildman–Crippen LogP) is 1.76. The van der Waals surface area contributed by atoms with Gasteiger partial charge in [-0.05, 0) is 34.1 Å². The first-order valence-corrected chi connectivity index (χ1v) is 7.21. The number of rotatable bonds is 3. The molecule has 0 aliphatic heterocycles. The summed E-state index contributed by atoms with van der Waals surface area (Å²) in [6.45, 7) is 0. The lowest BCUT2D eigenvalue weighted by Gasteiger charge is -2.09. The number of nitrogen functional groups attached to an aromatic ring is 1. The summed E-state index contributed by atoms with van der Waals surface area (Å²) in [7, 11) is -4.08. The molecule has 2 aromatic rings. The van der Waals surface area contributed by atoms with Crippen LogP contribution in [-0.4, -0.2) is 18.4 Å². The number of anilines is 2. The molecular weight excluding hydrogens is 339 g/mol. The lowest BCUT2D eigenvalue weighted by Crippen LogP contribution is -2.15. The van der Waals surface area contributed by atoms with Crippen molar-refractivity contribution in [3.8, 4) is 0 Å². The average molecular weight is 347 g/mol. The number of hydrogen-bond donors (Lipinski definition) is 2. The number of benzene rings is 1. The highest BCUT2D eigenvalue weighted by Gasteiger charge is 2.21. The molecule has 0 amide bonds. The van der Waals surface area contributed by atoms with E-state index < -0.39 is 20.7 Å². The summed E-state index contributed by atoms with van der Waals surface area (Å²) >= 11 is 3.05. The third kappa shape index (κ3) is 2.99. The molecule has 0 saturated carbocycles. The molecule has 0 aliphatic carbocycles. The predicted molar refractivity (Wildman–Crippen MR) is 71.4 cm³/mol. The van der Waals surface area contributed by atoms with E-state index in [1.807, 2.05) is 0 Å². The molecule has 0 saturated heterocycles. The maximum Gasteiger partial charge on any atom is 0.266 e. The summed E-state index contributed by atoms with van der Waals surface area (Å²) in [4.78, 5) is 6.83. The third-order valence-electron chi connectivity index (χ3n) is 2.16. The fourth-order valence-electron chi connectivity index (χ4n) is 1.29. The highest BCUT2D eigenvalue weighted by molar-refractivity contribution is 9.10. The maximum absolute atomic E-state index is 13.7. The molecule has 0 atom stereocenters. The van der Waals surface area contributed by atoms with Crippen molar-refractivity contribution in [1.82, 2.24) is 9.97 Å². The number of nitrogens with one attached hydrogen (secondary N) is 1. The van der Waals surface area contributed by atoms with Gasteiger partial charge >= 0.3 is 0 Å². The second-order valence-corrected chi connectivity index (χ2v) is 6.01. The summed E-state index contributed by atoms with van der Waals surface area (Å²) in [5.41, 5.74) is 5.57. The van der Waals surface area contributed by atoms with Crippen molar-refractivity contribution in [2.75, 3.05) is 10.5 Å². The van der Waals surface area contributed by atoms with Gasteiger partial charge in [-0.25, -0.2) is 22.8 Å².